The SMILES string of the molecule is Cc1cc(N)c2oc(-c3cccc(Br)c3)nc2c1. The highest BCUT2D eigenvalue weighted by Crippen LogP contribution is 2.29. The van der Waals surface area contributed by atoms with Gasteiger partial charge in [0.2, 0.25) is 5.89 Å². The Bertz CT molecular complexity index is 734. The van der Waals surface area contributed by atoms with Crippen molar-refractivity contribution in [3.05, 3.63) is 46.4 Å². The Labute approximate surface area is 113 Å². The lowest BCUT2D eigenvalue weighted by molar-refractivity contribution is 0.621. The zero-order chi connectivity index (χ0) is 12.7. The smallest absolute Gasteiger partial charge is 0.227 e. The molecule has 0 atom stereocenters. The third-order valence-corrected chi connectivity index (χ3v) is 3.23. The fourth-order valence-electron chi connectivity index (χ4n) is 1.95. The second kappa shape index (κ2) is 4.14. The number of aromatic nitrogens is 1. The van der Waals surface area contributed by atoms with E-state index in [1.165, 1.54) is 0 Å². The summed E-state index contributed by atoms with van der Waals surface area (Å²) in [6.45, 7) is 1.99. The molecule has 0 amide bonds. The fraction of sp³-hybridized carbons (Fsp3) is 0.0714. The highest BCUT2D eigenvalue weighted by atomic mass is 79.9. The molecule has 0 aliphatic rings. The Morgan fingerprint density at radius 3 is 2.83 bits per heavy atom. The first-order valence-corrected chi connectivity index (χ1v) is 6.35. The molecular weight excluding hydrogens is 292 g/mol. The maximum atomic E-state index is 5.94. The number of nitrogens with two attached hydrogens (primary N) is 1. The molecule has 0 unspecified atom stereocenters. The van der Waals surface area contributed by atoms with E-state index >= 15 is 0 Å². The number of rotatable bonds is 1. The summed E-state index contributed by atoms with van der Waals surface area (Å²) in [6, 6.07) is 11.7. The van der Waals surface area contributed by atoms with Crippen molar-refractivity contribution < 1.29 is 4.42 Å². The Hall–Kier alpha value is -1.81. The molecule has 1 heterocycles. The molecule has 2 N–H and O–H groups in total. The van der Waals surface area contributed by atoms with Crippen molar-refractivity contribution in [2.45, 2.75) is 6.92 Å². The van der Waals surface area contributed by atoms with Gasteiger partial charge in [0, 0.05) is 10.0 Å². The van der Waals surface area contributed by atoms with Gasteiger partial charge in [0.15, 0.2) is 5.58 Å². The summed E-state index contributed by atoms with van der Waals surface area (Å²) in [6.07, 6.45) is 0. The van der Waals surface area contributed by atoms with E-state index < -0.39 is 0 Å². The summed E-state index contributed by atoms with van der Waals surface area (Å²) in [5, 5.41) is 0. The van der Waals surface area contributed by atoms with Crippen LogP contribution in [0.3, 0.4) is 0 Å². The zero-order valence-corrected chi connectivity index (χ0v) is 11.4. The minimum atomic E-state index is 0.587. The summed E-state index contributed by atoms with van der Waals surface area (Å²) in [4.78, 5) is 4.48. The van der Waals surface area contributed by atoms with Gasteiger partial charge in [-0.25, -0.2) is 4.98 Å². The molecule has 0 fully saturated rings. The van der Waals surface area contributed by atoms with Gasteiger partial charge in [0.1, 0.15) is 5.52 Å². The number of nitrogens with zero attached hydrogens (tertiary/aromatic N) is 1. The second-order valence-electron chi connectivity index (χ2n) is 4.23. The van der Waals surface area contributed by atoms with Gasteiger partial charge in [-0.1, -0.05) is 22.0 Å². The van der Waals surface area contributed by atoms with Crippen LogP contribution in [0.2, 0.25) is 0 Å². The van der Waals surface area contributed by atoms with Crippen molar-refractivity contribution in [3.63, 3.8) is 0 Å². The van der Waals surface area contributed by atoms with Gasteiger partial charge < -0.3 is 10.2 Å². The standard InChI is InChI=1S/C14H11BrN2O/c1-8-5-11(16)13-12(6-8)17-14(18-13)9-3-2-4-10(15)7-9/h2-7H,16H2,1H3. The maximum Gasteiger partial charge on any atom is 0.227 e. The third kappa shape index (κ3) is 1.88. The van der Waals surface area contributed by atoms with Crippen LogP contribution in [-0.2, 0) is 0 Å². The topological polar surface area (TPSA) is 52.0 Å². The molecule has 0 bridgehead atoms. The van der Waals surface area contributed by atoms with Gasteiger partial charge in [-0.05, 0) is 42.8 Å². The van der Waals surface area contributed by atoms with Crippen LogP contribution in [0, 0.1) is 6.92 Å². The van der Waals surface area contributed by atoms with Crippen molar-refractivity contribution in [3.8, 4) is 11.5 Å². The quantitative estimate of drug-likeness (QED) is 0.687. The van der Waals surface area contributed by atoms with Crippen LogP contribution >= 0.6 is 15.9 Å². The van der Waals surface area contributed by atoms with Gasteiger partial charge in [-0.2, -0.15) is 0 Å². The molecule has 0 saturated carbocycles. The lowest BCUT2D eigenvalue weighted by atomic mass is 10.2. The summed E-state index contributed by atoms with van der Waals surface area (Å²) in [7, 11) is 0. The van der Waals surface area contributed by atoms with Crippen molar-refractivity contribution in [1.82, 2.24) is 4.98 Å². The lowest BCUT2D eigenvalue weighted by Crippen LogP contribution is -1.86. The number of oxazole rings is 1. The van der Waals surface area contributed by atoms with Crippen LogP contribution in [0.5, 0.6) is 0 Å². The van der Waals surface area contributed by atoms with Crippen LogP contribution in [-0.4, -0.2) is 4.98 Å². The van der Waals surface area contributed by atoms with Crippen molar-refractivity contribution in [2.24, 2.45) is 0 Å². The molecule has 1 aromatic heterocycles. The Balaban J connectivity index is 2.22. The molecular formula is C14H11BrN2O. The highest BCUT2D eigenvalue weighted by Gasteiger charge is 2.11. The third-order valence-electron chi connectivity index (χ3n) is 2.73. The monoisotopic (exact) mass is 302 g/mol. The summed E-state index contributed by atoms with van der Waals surface area (Å²) < 4.78 is 6.73. The number of nitrogen functional groups attached to an aromatic ring is 1. The number of fused-ring (bicyclic) bond motifs is 1. The predicted octanol–water partition coefficient (Wildman–Crippen LogP) is 4.15. The van der Waals surface area contributed by atoms with Crippen LogP contribution in [0.25, 0.3) is 22.6 Å². The van der Waals surface area contributed by atoms with E-state index in [1.54, 1.807) is 0 Å². The normalized spacial score (nSPS) is 11.0. The number of hydrogen-bond donors (Lipinski definition) is 1. The molecule has 90 valence electrons. The van der Waals surface area contributed by atoms with E-state index in [4.69, 9.17) is 10.2 Å². The Morgan fingerprint density at radius 2 is 2.06 bits per heavy atom. The van der Waals surface area contributed by atoms with Gasteiger partial charge in [0.05, 0.1) is 5.69 Å². The number of anilines is 1. The first-order valence-electron chi connectivity index (χ1n) is 5.56. The average molecular weight is 303 g/mol. The van der Waals surface area contributed by atoms with Crippen LogP contribution < -0.4 is 5.73 Å². The number of benzene rings is 2. The molecule has 0 radical (unpaired) electrons. The summed E-state index contributed by atoms with van der Waals surface area (Å²) in [5.74, 6) is 0.587. The fourth-order valence-corrected chi connectivity index (χ4v) is 2.35. The maximum absolute atomic E-state index is 5.94. The first-order chi connectivity index (χ1) is 8.63. The Morgan fingerprint density at radius 1 is 1.22 bits per heavy atom. The van der Waals surface area contributed by atoms with Gasteiger partial charge >= 0.3 is 0 Å². The number of hydrogen-bond acceptors (Lipinski definition) is 3. The molecule has 0 aliphatic heterocycles. The predicted molar refractivity (Wildman–Crippen MR) is 76.3 cm³/mol. The van der Waals surface area contributed by atoms with Crippen molar-refractivity contribution in [2.75, 3.05) is 5.73 Å². The highest BCUT2D eigenvalue weighted by molar-refractivity contribution is 9.10. The first kappa shape index (κ1) is 11.3. The summed E-state index contributed by atoms with van der Waals surface area (Å²) in [5.41, 5.74) is 10.0. The van der Waals surface area contributed by atoms with Crippen molar-refractivity contribution >= 4 is 32.7 Å². The molecule has 0 spiro atoms. The average Bonchev–Trinajstić information content (AvgIpc) is 2.73. The number of halogens is 1. The minimum absolute atomic E-state index is 0.587. The zero-order valence-electron chi connectivity index (χ0n) is 9.77. The molecule has 0 saturated heterocycles. The van der Waals surface area contributed by atoms with Gasteiger partial charge in [0.25, 0.3) is 0 Å². The van der Waals surface area contributed by atoms with E-state index in [-0.39, 0.29) is 0 Å². The van der Waals surface area contributed by atoms with Crippen LogP contribution in [0.4, 0.5) is 5.69 Å². The molecule has 0 aliphatic carbocycles. The van der Waals surface area contributed by atoms with E-state index in [9.17, 15) is 0 Å². The second-order valence-corrected chi connectivity index (χ2v) is 5.15. The van der Waals surface area contributed by atoms with E-state index in [0.29, 0.717) is 17.2 Å². The van der Waals surface area contributed by atoms with Crippen LogP contribution in [0.15, 0.2) is 45.3 Å². The van der Waals surface area contributed by atoms with E-state index in [2.05, 4.69) is 20.9 Å². The molecule has 4 heteroatoms. The van der Waals surface area contributed by atoms with Gasteiger partial charge in [-0.3, -0.25) is 0 Å². The molecule has 3 aromatic rings. The minimum Gasteiger partial charge on any atom is -0.434 e. The molecule has 18 heavy (non-hydrogen) atoms. The molecule has 3 nitrogen and oxygen atoms in total. The van der Waals surface area contributed by atoms with E-state index in [0.717, 1.165) is 21.1 Å². The van der Waals surface area contributed by atoms with E-state index in [1.807, 2.05) is 43.3 Å². The Kier molecular flexibility index (Phi) is 2.59. The molecule has 3 rings (SSSR count). The lowest BCUT2D eigenvalue weighted by Gasteiger charge is -1.96. The van der Waals surface area contributed by atoms with Gasteiger partial charge in [-0.15, -0.1) is 0 Å². The van der Waals surface area contributed by atoms with Crippen LogP contribution in [0.1, 0.15) is 5.56 Å². The number of aryl methyl sites for hydroxylation is 1. The van der Waals surface area contributed by atoms with Crippen molar-refractivity contribution in [1.29, 1.82) is 0 Å². The summed E-state index contributed by atoms with van der Waals surface area (Å²) >= 11 is 3.44. The molecule has 2 aromatic carbocycles. The largest absolute Gasteiger partial charge is 0.434 e.